The van der Waals surface area contributed by atoms with Crippen LogP contribution in [0, 0.1) is 5.92 Å². The summed E-state index contributed by atoms with van der Waals surface area (Å²) in [7, 11) is -3.60. The summed E-state index contributed by atoms with van der Waals surface area (Å²) in [6.45, 7) is 0.0495. The van der Waals surface area contributed by atoms with Crippen LogP contribution in [0.3, 0.4) is 0 Å². The lowest BCUT2D eigenvalue weighted by Crippen LogP contribution is -2.51. The molecule has 2 aliphatic rings. The van der Waals surface area contributed by atoms with Crippen LogP contribution in [-0.2, 0) is 19.6 Å². The van der Waals surface area contributed by atoms with Crippen molar-refractivity contribution in [2.24, 2.45) is 5.92 Å². The van der Waals surface area contributed by atoms with Gasteiger partial charge in [0.2, 0.25) is 15.9 Å². The summed E-state index contributed by atoms with van der Waals surface area (Å²) >= 11 is 5.79. The topological polar surface area (TPSA) is 105 Å². The van der Waals surface area contributed by atoms with E-state index in [9.17, 15) is 18.3 Å². The summed E-state index contributed by atoms with van der Waals surface area (Å²) < 4.78 is 33.0. The Hall–Kier alpha value is -1.19. The van der Waals surface area contributed by atoms with E-state index in [-0.39, 0.29) is 36.1 Å². The molecule has 1 aromatic rings. The van der Waals surface area contributed by atoms with Crippen molar-refractivity contribution in [1.29, 1.82) is 0 Å². The van der Waals surface area contributed by atoms with Crippen molar-refractivity contribution in [3.05, 3.63) is 29.3 Å². The van der Waals surface area contributed by atoms with E-state index in [1.54, 1.807) is 0 Å². The van der Waals surface area contributed by atoms with Crippen LogP contribution in [0.25, 0.3) is 0 Å². The van der Waals surface area contributed by atoms with Crippen LogP contribution in [0.2, 0.25) is 5.02 Å². The number of sulfonamides is 1. The lowest BCUT2D eigenvalue weighted by Gasteiger charge is -2.36. The number of aliphatic hydroxyl groups is 1. The molecule has 28 heavy (non-hydrogen) atoms. The highest BCUT2D eigenvalue weighted by molar-refractivity contribution is 7.89. The molecule has 3 rings (SSSR count). The van der Waals surface area contributed by atoms with Gasteiger partial charge in [0.15, 0.2) is 0 Å². The van der Waals surface area contributed by atoms with Crippen molar-refractivity contribution in [3.8, 4) is 0 Å². The molecule has 0 unspecified atom stereocenters. The summed E-state index contributed by atoms with van der Waals surface area (Å²) in [6, 6.07) is 5.78. The summed E-state index contributed by atoms with van der Waals surface area (Å²) in [5, 5.41) is 13.1. The van der Waals surface area contributed by atoms with E-state index < -0.39 is 16.1 Å². The second kappa shape index (κ2) is 9.54. The number of carbonyl (C=O) groups excluding carboxylic acids is 1. The first-order chi connectivity index (χ1) is 13.4. The van der Waals surface area contributed by atoms with E-state index in [0.29, 0.717) is 36.6 Å². The molecule has 1 amide bonds. The molecule has 156 valence electrons. The van der Waals surface area contributed by atoms with E-state index in [1.165, 1.54) is 24.3 Å². The quantitative estimate of drug-likeness (QED) is 0.554. The SMILES string of the molecule is O=C(CC1CC1)N[C@@H]1CC[C@H](CCNS(=O)(=O)c2ccc(Cl)cc2)O[C@H]1CO. The zero-order valence-electron chi connectivity index (χ0n) is 15.6. The van der Waals surface area contributed by atoms with Gasteiger partial charge < -0.3 is 15.2 Å². The third kappa shape index (κ3) is 6.15. The van der Waals surface area contributed by atoms with E-state index in [2.05, 4.69) is 10.0 Å². The number of benzene rings is 1. The monoisotopic (exact) mass is 430 g/mol. The van der Waals surface area contributed by atoms with Crippen LogP contribution >= 0.6 is 11.6 Å². The third-order valence-corrected chi connectivity index (χ3v) is 6.92. The van der Waals surface area contributed by atoms with Crippen molar-refractivity contribution in [1.82, 2.24) is 10.0 Å². The minimum Gasteiger partial charge on any atom is -0.394 e. The lowest BCUT2D eigenvalue weighted by atomic mass is 9.97. The van der Waals surface area contributed by atoms with Crippen LogP contribution < -0.4 is 10.0 Å². The molecule has 0 spiro atoms. The molecule has 2 fully saturated rings. The number of nitrogens with one attached hydrogen (secondary N) is 2. The maximum absolute atomic E-state index is 12.3. The van der Waals surface area contributed by atoms with Gasteiger partial charge in [-0.2, -0.15) is 0 Å². The second-order valence-corrected chi connectivity index (χ2v) is 9.72. The summed E-state index contributed by atoms with van der Waals surface area (Å²) in [6.07, 6.45) is 4.05. The molecule has 0 bridgehead atoms. The van der Waals surface area contributed by atoms with Gasteiger partial charge in [-0.25, -0.2) is 13.1 Å². The predicted octanol–water partition coefficient (Wildman–Crippen LogP) is 1.83. The zero-order chi connectivity index (χ0) is 20.1. The van der Waals surface area contributed by atoms with Gasteiger partial charge in [-0.05, 0) is 62.3 Å². The zero-order valence-corrected chi connectivity index (χ0v) is 17.2. The highest BCUT2D eigenvalue weighted by Gasteiger charge is 2.33. The van der Waals surface area contributed by atoms with Crippen molar-refractivity contribution < 1.29 is 23.1 Å². The Kier molecular flexibility index (Phi) is 7.33. The molecule has 1 saturated carbocycles. The van der Waals surface area contributed by atoms with Crippen LogP contribution in [0.4, 0.5) is 0 Å². The van der Waals surface area contributed by atoms with E-state index in [4.69, 9.17) is 16.3 Å². The number of rotatable bonds is 9. The Morgan fingerprint density at radius 3 is 2.54 bits per heavy atom. The van der Waals surface area contributed by atoms with Gasteiger partial charge >= 0.3 is 0 Å². The van der Waals surface area contributed by atoms with Crippen molar-refractivity contribution in [2.45, 2.75) is 61.7 Å². The van der Waals surface area contributed by atoms with Crippen molar-refractivity contribution >= 4 is 27.5 Å². The fourth-order valence-electron chi connectivity index (χ4n) is 3.41. The second-order valence-electron chi connectivity index (χ2n) is 7.52. The molecule has 1 aliphatic heterocycles. The normalized spacial score (nSPS) is 25.4. The highest BCUT2D eigenvalue weighted by atomic mass is 35.5. The van der Waals surface area contributed by atoms with E-state index in [0.717, 1.165) is 12.8 Å². The lowest BCUT2D eigenvalue weighted by molar-refractivity contribution is -0.128. The van der Waals surface area contributed by atoms with Gasteiger partial charge in [-0.3, -0.25) is 4.79 Å². The average molecular weight is 431 g/mol. The maximum Gasteiger partial charge on any atom is 0.240 e. The molecule has 3 atom stereocenters. The van der Waals surface area contributed by atoms with Crippen LogP contribution in [-0.4, -0.2) is 50.8 Å². The molecule has 3 N–H and O–H groups in total. The first-order valence-corrected chi connectivity index (χ1v) is 11.5. The minimum absolute atomic E-state index is 0.0173. The van der Waals surface area contributed by atoms with Gasteiger partial charge in [0.1, 0.15) is 6.10 Å². The van der Waals surface area contributed by atoms with Gasteiger partial charge in [-0.1, -0.05) is 11.6 Å². The standard InChI is InChI=1S/C19H27ClN2O5S/c20-14-3-6-16(7-4-14)28(25,26)21-10-9-15-5-8-17(18(12-23)27-15)22-19(24)11-13-1-2-13/h3-4,6-7,13,15,17-18,21,23H,1-2,5,8-12H2,(H,22,24)/t15-,17-,18+/m1/s1. The van der Waals surface area contributed by atoms with Crippen molar-refractivity contribution in [2.75, 3.05) is 13.2 Å². The molecule has 9 heteroatoms. The number of ether oxygens (including phenoxy) is 1. The number of hydrogen-bond donors (Lipinski definition) is 3. The molecule has 1 aliphatic carbocycles. The van der Waals surface area contributed by atoms with Crippen LogP contribution in [0.5, 0.6) is 0 Å². The molecular formula is C19H27ClN2O5S. The highest BCUT2D eigenvalue weighted by Crippen LogP contribution is 2.32. The average Bonchev–Trinajstić information content (AvgIpc) is 3.47. The fourth-order valence-corrected chi connectivity index (χ4v) is 4.58. The Morgan fingerprint density at radius 2 is 1.89 bits per heavy atom. The Bertz CT molecular complexity index is 767. The first-order valence-electron chi connectivity index (χ1n) is 9.68. The molecule has 1 saturated heterocycles. The number of aliphatic hydroxyl groups excluding tert-OH is 1. The summed E-state index contributed by atoms with van der Waals surface area (Å²) in [4.78, 5) is 12.2. The maximum atomic E-state index is 12.3. The first kappa shape index (κ1) is 21.5. The van der Waals surface area contributed by atoms with Crippen LogP contribution in [0.1, 0.15) is 38.5 Å². The molecule has 0 aromatic heterocycles. The van der Waals surface area contributed by atoms with Crippen molar-refractivity contribution in [3.63, 3.8) is 0 Å². The van der Waals surface area contributed by atoms with Gasteiger partial charge in [0, 0.05) is 18.0 Å². The summed E-state index contributed by atoms with van der Waals surface area (Å²) in [5.41, 5.74) is 0. The predicted molar refractivity (Wildman–Crippen MR) is 106 cm³/mol. The number of hydrogen-bond acceptors (Lipinski definition) is 5. The van der Waals surface area contributed by atoms with E-state index >= 15 is 0 Å². The minimum atomic E-state index is -3.60. The van der Waals surface area contributed by atoms with Gasteiger partial charge in [0.05, 0.1) is 23.6 Å². The van der Waals surface area contributed by atoms with Crippen LogP contribution in [0.15, 0.2) is 29.2 Å². The Morgan fingerprint density at radius 1 is 1.18 bits per heavy atom. The molecule has 7 nitrogen and oxygen atoms in total. The smallest absolute Gasteiger partial charge is 0.240 e. The summed E-state index contributed by atoms with van der Waals surface area (Å²) in [5.74, 6) is 0.530. The Labute approximate surface area is 170 Å². The fraction of sp³-hybridized carbons (Fsp3) is 0.632. The van der Waals surface area contributed by atoms with Gasteiger partial charge in [0.25, 0.3) is 0 Å². The molecule has 1 aromatic carbocycles. The largest absolute Gasteiger partial charge is 0.394 e. The molecule has 0 radical (unpaired) electrons. The van der Waals surface area contributed by atoms with Gasteiger partial charge in [-0.15, -0.1) is 0 Å². The third-order valence-electron chi connectivity index (χ3n) is 5.20. The Balaban J connectivity index is 1.44. The molecule has 1 heterocycles. The van der Waals surface area contributed by atoms with E-state index in [1.807, 2.05) is 0 Å². The number of amides is 1. The molecular weight excluding hydrogens is 404 g/mol. The number of halogens is 1. The number of carbonyl (C=O) groups is 1.